The number of nitrogens with zero attached hydrogens (tertiary/aromatic N) is 4. The minimum absolute atomic E-state index is 0.295. The lowest BCUT2D eigenvalue weighted by molar-refractivity contribution is -0.151. The molecule has 1 saturated heterocycles. The molecule has 1 aromatic heterocycles. The Kier molecular flexibility index (Phi) is 8.96. The lowest BCUT2D eigenvalue weighted by Gasteiger charge is -2.37. The highest BCUT2D eigenvalue weighted by Crippen LogP contribution is 2.21. The standard InChI is InChI=1S/C23H31N5O5/c1-2-33-18-8-6-17(7-9-18)4-3-5-19(21(29)22(30)26-32)23(31)28-14-12-27(13-15-28)20-16-24-10-11-25-20/h6-11,16,19,21,29,32H,2-5,12-15H2,1H3,(H,26,30)/t19-,21+/m1/s1. The van der Waals surface area contributed by atoms with E-state index in [4.69, 9.17) is 9.94 Å². The van der Waals surface area contributed by atoms with Crippen LogP contribution < -0.4 is 15.1 Å². The highest BCUT2D eigenvalue weighted by molar-refractivity contribution is 5.88. The van der Waals surface area contributed by atoms with Gasteiger partial charge in [-0.15, -0.1) is 0 Å². The van der Waals surface area contributed by atoms with Crippen molar-refractivity contribution in [2.45, 2.75) is 32.3 Å². The molecule has 178 valence electrons. The van der Waals surface area contributed by atoms with Crippen molar-refractivity contribution in [1.29, 1.82) is 0 Å². The molecule has 1 fully saturated rings. The molecule has 3 rings (SSSR count). The van der Waals surface area contributed by atoms with E-state index < -0.39 is 17.9 Å². The van der Waals surface area contributed by atoms with Crippen LogP contribution in [0, 0.1) is 5.92 Å². The fraction of sp³-hybridized carbons (Fsp3) is 0.478. The number of nitrogens with one attached hydrogen (secondary N) is 1. The molecular formula is C23H31N5O5. The van der Waals surface area contributed by atoms with Crippen molar-refractivity contribution >= 4 is 17.6 Å². The van der Waals surface area contributed by atoms with Gasteiger partial charge in [-0.3, -0.25) is 19.8 Å². The third-order valence-electron chi connectivity index (χ3n) is 5.76. The summed E-state index contributed by atoms with van der Waals surface area (Å²) in [5.41, 5.74) is 2.53. The number of carbonyl (C=O) groups excluding carboxylic acids is 2. The Bertz CT molecular complexity index is 888. The van der Waals surface area contributed by atoms with Crippen molar-refractivity contribution < 1.29 is 24.6 Å². The molecule has 2 atom stereocenters. The largest absolute Gasteiger partial charge is 0.494 e. The number of aliphatic hydroxyl groups excluding tert-OH is 1. The molecule has 0 radical (unpaired) electrons. The SMILES string of the molecule is CCOc1ccc(CCC[C@@H](C(=O)N2CCN(c3cnccn3)CC2)[C@H](O)C(=O)NO)cc1. The van der Waals surface area contributed by atoms with Crippen molar-refractivity contribution in [2.24, 2.45) is 5.92 Å². The highest BCUT2D eigenvalue weighted by atomic mass is 16.5. The normalized spacial score (nSPS) is 15.6. The van der Waals surface area contributed by atoms with Crippen LogP contribution in [0.2, 0.25) is 0 Å². The van der Waals surface area contributed by atoms with Crippen molar-refractivity contribution in [3.05, 3.63) is 48.4 Å². The molecule has 10 heteroatoms. The second kappa shape index (κ2) is 12.1. The van der Waals surface area contributed by atoms with Crippen LogP contribution in [0.15, 0.2) is 42.9 Å². The number of aryl methyl sites for hydroxylation is 1. The van der Waals surface area contributed by atoms with Crippen LogP contribution in [0.25, 0.3) is 0 Å². The highest BCUT2D eigenvalue weighted by Gasteiger charge is 2.35. The summed E-state index contributed by atoms with van der Waals surface area (Å²) >= 11 is 0. The summed E-state index contributed by atoms with van der Waals surface area (Å²) in [6.45, 7) is 4.56. The molecule has 3 N–H and O–H groups in total. The van der Waals surface area contributed by atoms with Crippen molar-refractivity contribution in [2.75, 3.05) is 37.7 Å². The number of piperazine rings is 1. The summed E-state index contributed by atoms with van der Waals surface area (Å²) in [6, 6.07) is 7.72. The van der Waals surface area contributed by atoms with Crippen molar-refractivity contribution in [3.63, 3.8) is 0 Å². The summed E-state index contributed by atoms with van der Waals surface area (Å²) < 4.78 is 5.45. The Morgan fingerprint density at radius 3 is 2.48 bits per heavy atom. The molecule has 0 aliphatic carbocycles. The number of rotatable bonds is 10. The number of hydroxylamine groups is 1. The summed E-state index contributed by atoms with van der Waals surface area (Å²) in [4.78, 5) is 37.1. The molecule has 0 spiro atoms. The van der Waals surface area contributed by atoms with E-state index in [9.17, 15) is 14.7 Å². The zero-order chi connectivity index (χ0) is 23.6. The average Bonchev–Trinajstić information content (AvgIpc) is 2.87. The van der Waals surface area contributed by atoms with Crippen molar-refractivity contribution in [3.8, 4) is 5.75 Å². The molecule has 0 saturated carbocycles. The van der Waals surface area contributed by atoms with Gasteiger partial charge in [-0.25, -0.2) is 10.5 Å². The fourth-order valence-corrected chi connectivity index (χ4v) is 3.96. The van der Waals surface area contributed by atoms with E-state index in [1.807, 2.05) is 36.1 Å². The number of aliphatic hydroxyl groups is 1. The van der Waals surface area contributed by atoms with E-state index in [-0.39, 0.29) is 5.91 Å². The Hall–Kier alpha value is -3.24. The van der Waals surface area contributed by atoms with Crippen LogP contribution in [0.3, 0.4) is 0 Å². The molecule has 0 bridgehead atoms. The summed E-state index contributed by atoms with van der Waals surface area (Å²) in [6.07, 6.45) is 4.87. The van der Waals surface area contributed by atoms with Gasteiger partial charge >= 0.3 is 0 Å². The first kappa shape index (κ1) is 24.4. The van der Waals surface area contributed by atoms with Crippen LogP contribution in [-0.4, -0.2) is 75.9 Å². The number of carbonyl (C=O) groups is 2. The smallest absolute Gasteiger partial charge is 0.272 e. The lowest BCUT2D eigenvalue weighted by atomic mass is 9.92. The Labute approximate surface area is 193 Å². The minimum Gasteiger partial charge on any atom is -0.494 e. The summed E-state index contributed by atoms with van der Waals surface area (Å²) in [5, 5.41) is 19.4. The second-order valence-electron chi connectivity index (χ2n) is 7.87. The molecule has 0 unspecified atom stereocenters. The molecular weight excluding hydrogens is 426 g/mol. The lowest BCUT2D eigenvalue weighted by Crippen LogP contribution is -2.53. The summed E-state index contributed by atoms with van der Waals surface area (Å²) in [5.74, 6) is -0.673. The quantitative estimate of drug-likeness (QED) is 0.357. The fourth-order valence-electron chi connectivity index (χ4n) is 3.96. The molecule has 1 aliphatic heterocycles. The minimum atomic E-state index is -1.62. The Morgan fingerprint density at radius 2 is 1.88 bits per heavy atom. The van der Waals surface area contributed by atoms with Crippen LogP contribution >= 0.6 is 0 Å². The van der Waals surface area contributed by atoms with Gasteiger partial charge in [0.25, 0.3) is 5.91 Å². The summed E-state index contributed by atoms with van der Waals surface area (Å²) in [7, 11) is 0. The van der Waals surface area contributed by atoms with Gasteiger partial charge in [-0.05, 0) is 43.9 Å². The zero-order valence-corrected chi connectivity index (χ0v) is 18.8. The molecule has 2 amide bonds. The predicted octanol–water partition coefficient (Wildman–Crippen LogP) is 1.03. The van der Waals surface area contributed by atoms with E-state index >= 15 is 0 Å². The van der Waals surface area contributed by atoms with Gasteiger partial charge in [-0.2, -0.15) is 0 Å². The van der Waals surface area contributed by atoms with E-state index in [1.165, 1.54) is 5.48 Å². The number of anilines is 1. The van der Waals surface area contributed by atoms with Gasteiger partial charge in [0.15, 0.2) is 0 Å². The van der Waals surface area contributed by atoms with E-state index in [0.29, 0.717) is 52.0 Å². The van der Waals surface area contributed by atoms with Gasteiger partial charge in [0.1, 0.15) is 17.7 Å². The van der Waals surface area contributed by atoms with Gasteiger partial charge in [0.2, 0.25) is 5.91 Å². The van der Waals surface area contributed by atoms with E-state index in [1.54, 1.807) is 23.5 Å². The van der Waals surface area contributed by atoms with Crippen LogP contribution in [0.1, 0.15) is 25.3 Å². The molecule has 1 aliphatic rings. The maximum Gasteiger partial charge on any atom is 0.272 e. The van der Waals surface area contributed by atoms with Crippen LogP contribution in [-0.2, 0) is 16.0 Å². The number of benzene rings is 1. The maximum atomic E-state index is 13.2. The van der Waals surface area contributed by atoms with Crippen LogP contribution in [0.4, 0.5) is 5.82 Å². The first-order valence-electron chi connectivity index (χ1n) is 11.2. The third kappa shape index (κ3) is 6.62. The monoisotopic (exact) mass is 457 g/mol. The molecule has 1 aromatic carbocycles. The Morgan fingerprint density at radius 1 is 1.15 bits per heavy atom. The van der Waals surface area contributed by atoms with E-state index in [0.717, 1.165) is 17.1 Å². The van der Waals surface area contributed by atoms with Gasteiger partial charge in [0, 0.05) is 38.6 Å². The molecule has 33 heavy (non-hydrogen) atoms. The molecule has 2 aromatic rings. The topological polar surface area (TPSA) is 128 Å². The third-order valence-corrected chi connectivity index (χ3v) is 5.76. The van der Waals surface area contributed by atoms with Gasteiger partial charge in [-0.1, -0.05) is 12.1 Å². The zero-order valence-electron chi connectivity index (χ0n) is 18.8. The van der Waals surface area contributed by atoms with Crippen molar-refractivity contribution in [1.82, 2.24) is 20.3 Å². The second-order valence-corrected chi connectivity index (χ2v) is 7.87. The predicted molar refractivity (Wildman–Crippen MR) is 121 cm³/mol. The van der Waals surface area contributed by atoms with Gasteiger partial charge < -0.3 is 19.6 Å². The number of hydrogen-bond acceptors (Lipinski definition) is 8. The molecule has 10 nitrogen and oxygen atoms in total. The maximum absolute atomic E-state index is 13.2. The number of aromatic nitrogens is 2. The van der Waals surface area contributed by atoms with Gasteiger partial charge in [0.05, 0.1) is 18.7 Å². The number of amides is 2. The van der Waals surface area contributed by atoms with Crippen LogP contribution in [0.5, 0.6) is 5.75 Å². The average molecular weight is 458 g/mol. The number of hydrogen-bond donors (Lipinski definition) is 3. The molecule has 2 heterocycles. The first-order chi connectivity index (χ1) is 16.0. The Balaban J connectivity index is 1.59. The number of ether oxygens (including phenoxy) is 1. The first-order valence-corrected chi connectivity index (χ1v) is 11.2. The van der Waals surface area contributed by atoms with E-state index in [2.05, 4.69) is 9.97 Å².